The van der Waals surface area contributed by atoms with E-state index >= 15 is 0 Å². The van der Waals surface area contributed by atoms with Crippen LogP contribution in [-0.4, -0.2) is 50.1 Å². The fraction of sp³-hybridized carbons (Fsp3) is 0.529. The van der Waals surface area contributed by atoms with Gasteiger partial charge in [-0.25, -0.2) is 0 Å². The third kappa shape index (κ3) is 3.31. The molecule has 1 aromatic heterocycles. The maximum atomic E-state index is 12.9. The van der Waals surface area contributed by atoms with Crippen molar-refractivity contribution in [1.82, 2.24) is 25.1 Å². The summed E-state index contributed by atoms with van der Waals surface area (Å²) in [6.45, 7) is 5.25. The second kappa shape index (κ2) is 7.09. The first kappa shape index (κ1) is 16.6. The van der Waals surface area contributed by atoms with Gasteiger partial charge >= 0.3 is 0 Å². The number of aromatic nitrogens is 4. The summed E-state index contributed by atoms with van der Waals surface area (Å²) in [5, 5.41) is 12.5. The zero-order valence-electron chi connectivity index (χ0n) is 14.2. The number of tetrazole rings is 1. The summed E-state index contributed by atoms with van der Waals surface area (Å²) in [6, 6.07) is 9.23. The first-order valence-electron chi connectivity index (χ1n) is 8.45. The molecule has 3 atom stereocenters. The van der Waals surface area contributed by atoms with Crippen molar-refractivity contribution in [3.05, 3.63) is 30.3 Å². The second-order valence-corrected chi connectivity index (χ2v) is 6.53. The average Bonchev–Trinajstić information content (AvgIpc) is 3.11. The Labute approximate surface area is 141 Å². The Bertz CT molecular complexity index is 685. The molecule has 1 aliphatic heterocycles. The molecule has 0 saturated carbocycles. The molecule has 3 unspecified atom stereocenters. The maximum absolute atomic E-state index is 12.9. The average molecular weight is 328 g/mol. The Morgan fingerprint density at radius 3 is 2.83 bits per heavy atom. The predicted octanol–water partition coefficient (Wildman–Crippen LogP) is 1.49. The maximum Gasteiger partial charge on any atom is 0.249 e. The lowest BCUT2D eigenvalue weighted by atomic mass is 9.92. The van der Waals surface area contributed by atoms with E-state index in [-0.39, 0.29) is 11.9 Å². The Morgan fingerprint density at radius 2 is 2.12 bits per heavy atom. The summed E-state index contributed by atoms with van der Waals surface area (Å²) in [5.41, 5.74) is 6.75. The van der Waals surface area contributed by atoms with Gasteiger partial charge in [0.2, 0.25) is 11.7 Å². The summed E-state index contributed by atoms with van der Waals surface area (Å²) >= 11 is 0. The van der Waals surface area contributed by atoms with E-state index in [1.54, 1.807) is 0 Å². The lowest BCUT2D eigenvalue weighted by molar-refractivity contribution is -0.139. The van der Waals surface area contributed by atoms with E-state index in [4.69, 9.17) is 5.73 Å². The molecule has 128 valence electrons. The zero-order chi connectivity index (χ0) is 17.1. The van der Waals surface area contributed by atoms with Gasteiger partial charge in [-0.05, 0) is 30.9 Å². The highest BCUT2D eigenvalue weighted by atomic mass is 16.2. The van der Waals surface area contributed by atoms with Crippen LogP contribution in [0.3, 0.4) is 0 Å². The molecular weight excluding hydrogens is 304 g/mol. The smallest absolute Gasteiger partial charge is 0.249 e. The third-order valence-corrected chi connectivity index (χ3v) is 4.70. The molecule has 0 bridgehead atoms. The van der Waals surface area contributed by atoms with E-state index in [1.165, 1.54) is 4.80 Å². The van der Waals surface area contributed by atoms with E-state index in [0.29, 0.717) is 18.3 Å². The molecule has 0 radical (unpaired) electrons. The van der Waals surface area contributed by atoms with Gasteiger partial charge in [-0.15, -0.1) is 10.2 Å². The Kier molecular flexibility index (Phi) is 4.89. The quantitative estimate of drug-likeness (QED) is 0.918. The standard InChI is InChI=1S/C17H24N6O/c1-12-8-9-22(15(10-12)11-18)17(24)13(2)23-20-16(19-21-23)14-6-4-3-5-7-14/h3-7,12-13,15H,8-11,18H2,1-2H3. The number of hydrogen-bond acceptors (Lipinski definition) is 5. The molecule has 1 aromatic carbocycles. The summed E-state index contributed by atoms with van der Waals surface area (Å²) in [4.78, 5) is 16.1. The van der Waals surface area contributed by atoms with Crippen molar-refractivity contribution in [3.63, 3.8) is 0 Å². The van der Waals surface area contributed by atoms with Gasteiger partial charge in [0.25, 0.3) is 0 Å². The Balaban J connectivity index is 1.75. The number of likely N-dealkylation sites (tertiary alicyclic amines) is 1. The minimum atomic E-state index is -0.489. The predicted molar refractivity (Wildman–Crippen MR) is 90.9 cm³/mol. The first-order valence-corrected chi connectivity index (χ1v) is 8.45. The van der Waals surface area contributed by atoms with Crippen LogP contribution in [0.4, 0.5) is 0 Å². The van der Waals surface area contributed by atoms with Crippen molar-refractivity contribution in [2.45, 2.75) is 38.8 Å². The van der Waals surface area contributed by atoms with Crippen LogP contribution in [0.1, 0.15) is 32.7 Å². The number of carbonyl (C=O) groups excluding carboxylic acids is 1. The lowest BCUT2D eigenvalue weighted by Crippen LogP contribution is -2.51. The Hall–Kier alpha value is -2.28. The van der Waals surface area contributed by atoms with Crippen molar-refractivity contribution in [2.75, 3.05) is 13.1 Å². The summed E-state index contributed by atoms with van der Waals surface area (Å²) in [6.07, 6.45) is 1.96. The number of nitrogens with zero attached hydrogens (tertiary/aromatic N) is 5. The molecule has 2 aromatic rings. The van der Waals surface area contributed by atoms with Gasteiger partial charge < -0.3 is 10.6 Å². The molecule has 1 aliphatic rings. The number of carbonyl (C=O) groups is 1. The number of benzene rings is 1. The van der Waals surface area contributed by atoms with Crippen LogP contribution in [-0.2, 0) is 4.79 Å². The second-order valence-electron chi connectivity index (χ2n) is 6.53. The van der Waals surface area contributed by atoms with E-state index in [2.05, 4.69) is 22.3 Å². The van der Waals surface area contributed by atoms with Gasteiger partial charge in [-0.2, -0.15) is 4.80 Å². The fourth-order valence-corrected chi connectivity index (χ4v) is 3.20. The summed E-state index contributed by atoms with van der Waals surface area (Å²) in [7, 11) is 0. The molecule has 0 spiro atoms. The van der Waals surface area contributed by atoms with Crippen molar-refractivity contribution in [2.24, 2.45) is 11.7 Å². The van der Waals surface area contributed by atoms with Gasteiger partial charge in [-0.1, -0.05) is 37.3 Å². The highest BCUT2D eigenvalue weighted by Crippen LogP contribution is 2.24. The van der Waals surface area contributed by atoms with Gasteiger partial charge in [-0.3, -0.25) is 4.79 Å². The number of amides is 1. The molecule has 7 nitrogen and oxygen atoms in total. The van der Waals surface area contributed by atoms with Crippen LogP contribution >= 0.6 is 0 Å². The van der Waals surface area contributed by atoms with Crippen LogP contribution in [0.5, 0.6) is 0 Å². The SMILES string of the molecule is CC1CCN(C(=O)C(C)n2nnc(-c3ccccc3)n2)C(CN)C1. The van der Waals surface area contributed by atoms with Crippen LogP contribution < -0.4 is 5.73 Å². The molecule has 1 amide bonds. The summed E-state index contributed by atoms with van der Waals surface area (Å²) < 4.78 is 0. The van der Waals surface area contributed by atoms with Gasteiger partial charge in [0, 0.05) is 24.7 Å². The zero-order valence-corrected chi connectivity index (χ0v) is 14.2. The summed E-state index contributed by atoms with van der Waals surface area (Å²) in [5.74, 6) is 1.14. The molecule has 7 heteroatoms. The minimum Gasteiger partial charge on any atom is -0.337 e. The number of nitrogens with two attached hydrogens (primary N) is 1. The first-order chi connectivity index (χ1) is 11.6. The fourth-order valence-electron chi connectivity index (χ4n) is 3.20. The molecule has 1 saturated heterocycles. The number of piperidine rings is 1. The topological polar surface area (TPSA) is 89.9 Å². The molecule has 1 fully saturated rings. The normalized spacial score (nSPS) is 22.4. The van der Waals surface area contributed by atoms with Crippen molar-refractivity contribution in [3.8, 4) is 11.4 Å². The number of rotatable bonds is 4. The Morgan fingerprint density at radius 1 is 1.38 bits per heavy atom. The van der Waals surface area contributed by atoms with Crippen LogP contribution in [0.15, 0.2) is 30.3 Å². The van der Waals surface area contributed by atoms with E-state index in [9.17, 15) is 4.79 Å². The minimum absolute atomic E-state index is 0.00867. The van der Waals surface area contributed by atoms with E-state index < -0.39 is 6.04 Å². The number of hydrogen-bond donors (Lipinski definition) is 1. The molecule has 3 rings (SSSR count). The van der Waals surface area contributed by atoms with Crippen LogP contribution in [0.25, 0.3) is 11.4 Å². The van der Waals surface area contributed by atoms with Crippen molar-refractivity contribution >= 4 is 5.91 Å². The highest BCUT2D eigenvalue weighted by Gasteiger charge is 2.32. The van der Waals surface area contributed by atoms with E-state index in [0.717, 1.165) is 24.9 Å². The molecule has 2 N–H and O–H groups in total. The largest absolute Gasteiger partial charge is 0.337 e. The third-order valence-electron chi connectivity index (χ3n) is 4.70. The van der Waals surface area contributed by atoms with Gasteiger partial charge in [0.1, 0.15) is 6.04 Å². The molecule has 0 aliphatic carbocycles. The van der Waals surface area contributed by atoms with Crippen LogP contribution in [0, 0.1) is 5.92 Å². The lowest BCUT2D eigenvalue weighted by Gasteiger charge is -2.39. The van der Waals surface area contributed by atoms with Crippen molar-refractivity contribution in [1.29, 1.82) is 0 Å². The highest BCUT2D eigenvalue weighted by molar-refractivity contribution is 5.80. The molecular formula is C17H24N6O. The molecule has 24 heavy (non-hydrogen) atoms. The van der Waals surface area contributed by atoms with Gasteiger partial charge in [0.15, 0.2) is 0 Å². The van der Waals surface area contributed by atoms with Crippen molar-refractivity contribution < 1.29 is 4.79 Å². The van der Waals surface area contributed by atoms with Crippen LogP contribution in [0.2, 0.25) is 0 Å². The van der Waals surface area contributed by atoms with E-state index in [1.807, 2.05) is 42.2 Å². The molecule has 2 heterocycles. The monoisotopic (exact) mass is 328 g/mol. The van der Waals surface area contributed by atoms with Gasteiger partial charge in [0.05, 0.1) is 0 Å².